The lowest BCUT2D eigenvalue weighted by Gasteiger charge is -2.20. The normalized spacial score (nSPS) is 14.0. The summed E-state index contributed by atoms with van der Waals surface area (Å²) in [6, 6.07) is 86.3. The zero-order chi connectivity index (χ0) is 44.7. The maximum absolute atomic E-state index is 2.50. The van der Waals surface area contributed by atoms with Crippen molar-refractivity contribution in [3.63, 3.8) is 0 Å². The van der Waals surface area contributed by atoms with E-state index in [4.69, 9.17) is 0 Å². The van der Waals surface area contributed by atoms with Gasteiger partial charge in [-0.05, 0) is 157 Å². The van der Waals surface area contributed by atoms with Gasteiger partial charge in [0.2, 0.25) is 0 Å². The smallest absolute Gasteiger partial charge is 0.0379 e. The third-order valence-corrected chi connectivity index (χ3v) is 16.9. The molecule has 1 aromatic heterocycles. The number of rotatable bonds is 7. The van der Waals surface area contributed by atoms with Crippen molar-refractivity contribution in [3.05, 3.63) is 248 Å². The van der Waals surface area contributed by atoms with Gasteiger partial charge in [-0.15, -0.1) is 23.1 Å². The Bertz CT molecular complexity index is 4090. The number of allylic oxidation sites excluding steroid dienone is 1. The summed E-state index contributed by atoms with van der Waals surface area (Å²) in [4.78, 5) is 3.90. The van der Waals surface area contributed by atoms with Crippen LogP contribution < -0.4 is 0 Å². The van der Waals surface area contributed by atoms with Gasteiger partial charge in [0.15, 0.2) is 0 Å². The van der Waals surface area contributed by atoms with Crippen molar-refractivity contribution >= 4 is 92.6 Å². The van der Waals surface area contributed by atoms with E-state index in [-0.39, 0.29) is 0 Å². The van der Waals surface area contributed by atoms with Gasteiger partial charge in [-0.1, -0.05) is 206 Å². The van der Waals surface area contributed by atoms with E-state index in [1.807, 2.05) is 23.1 Å². The first-order valence-corrected chi connectivity index (χ1v) is 25.3. The molecule has 2 heterocycles. The number of hydrogen-bond acceptors (Lipinski definition) is 2. The lowest BCUT2D eigenvalue weighted by Crippen LogP contribution is -1.93. The molecule has 13 aromatic rings. The van der Waals surface area contributed by atoms with E-state index in [9.17, 15) is 0 Å². The minimum Gasteiger partial charge on any atom is -0.135 e. The van der Waals surface area contributed by atoms with Crippen LogP contribution in [0.25, 0.3) is 124 Å². The number of thioether (sulfide) groups is 1. The summed E-state index contributed by atoms with van der Waals surface area (Å²) in [5.74, 6) is 0. The van der Waals surface area contributed by atoms with Gasteiger partial charge in [0.25, 0.3) is 0 Å². The van der Waals surface area contributed by atoms with E-state index in [1.54, 1.807) is 0 Å². The van der Waals surface area contributed by atoms with Crippen LogP contribution in [0.15, 0.2) is 237 Å². The van der Waals surface area contributed by atoms with Crippen molar-refractivity contribution in [1.29, 1.82) is 0 Å². The molecule has 1 unspecified atom stereocenters. The van der Waals surface area contributed by atoms with Crippen LogP contribution in [-0.2, 0) is 0 Å². The minimum absolute atomic E-state index is 0.427. The SMILES string of the molecule is C1=C(c2cccc(-c3c4ccccc4c(-c4cccc(-c5ccc(-c6ccccc6)s5)c4)c4ccc(-c5ccc6c7cccc8cccc(c9cccc5c96)c87)cc34)c2)SC(c2ccccc2)C1. The van der Waals surface area contributed by atoms with Gasteiger partial charge in [0.1, 0.15) is 0 Å². The summed E-state index contributed by atoms with van der Waals surface area (Å²) in [7, 11) is 0. The van der Waals surface area contributed by atoms with Crippen LogP contribution >= 0.6 is 23.1 Å². The topological polar surface area (TPSA) is 0 Å². The van der Waals surface area contributed by atoms with Crippen LogP contribution in [0.4, 0.5) is 0 Å². The standard InChI is InChI=1S/C66H42S2/c1-3-14-41(15-4-1)59-34-36-61(67-59)45-20-9-22-47(38-45)64-51-24-7-8-25-52(51)65(48-23-10-21-46(39-48)62-37-35-60(68-62)42-16-5-2-6-17-42)58-40-44(30-31-57(58)64)49-32-33-56-54-27-12-19-43-18-11-26-53(63(43)54)55-29-13-28-50(49)66(55)56/h1-34,36-40,60H,35H2. The number of benzene rings is 12. The molecule has 0 saturated carbocycles. The van der Waals surface area contributed by atoms with Gasteiger partial charge in [-0.25, -0.2) is 0 Å². The molecule has 0 nitrogen and oxygen atoms in total. The molecule has 0 N–H and O–H groups in total. The first-order valence-electron chi connectivity index (χ1n) is 23.6. The highest BCUT2D eigenvalue weighted by Gasteiger charge is 2.23. The van der Waals surface area contributed by atoms with E-state index in [2.05, 4.69) is 237 Å². The second-order valence-corrected chi connectivity index (χ2v) is 20.5. The fourth-order valence-electron chi connectivity index (χ4n) is 11.3. The van der Waals surface area contributed by atoms with E-state index in [1.165, 1.54) is 135 Å². The van der Waals surface area contributed by atoms with E-state index < -0.39 is 0 Å². The number of fused-ring (bicyclic) bond motifs is 4. The molecule has 12 aromatic carbocycles. The van der Waals surface area contributed by atoms with Gasteiger partial charge in [0, 0.05) is 19.9 Å². The summed E-state index contributed by atoms with van der Waals surface area (Å²) < 4.78 is 0. The molecule has 318 valence electrons. The molecule has 14 rings (SSSR count). The van der Waals surface area contributed by atoms with E-state index in [0.717, 1.165) is 6.42 Å². The molecule has 1 aliphatic rings. The van der Waals surface area contributed by atoms with Crippen molar-refractivity contribution in [3.8, 4) is 54.3 Å². The lowest BCUT2D eigenvalue weighted by atomic mass is 9.83. The third-order valence-electron chi connectivity index (χ3n) is 14.4. The monoisotopic (exact) mass is 898 g/mol. The fourth-order valence-corrected chi connectivity index (χ4v) is 13.5. The van der Waals surface area contributed by atoms with Crippen LogP contribution in [0.5, 0.6) is 0 Å². The summed E-state index contributed by atoms with van der Waals surface area (Å²) >= 11 is 3.85. The predicted octanol–water partition coefficient (Wildman–Crippen LogP) is 19.7. The molecular formula is C66H42S2. The lowest BCUT2D eigenvalue weighted by molar-refractivity contribution is 0.991. The second kappa shape index (κ2) is 16.0. The van der Waals surface area contributed by atoms with Crippen LogP contribution in [0.2, 0.25) is 0 Å². The Labute approximate surface area is 403 Å². The molecule has 1 aliphatic heterocycles. The first kappa shape index (κ1) is 39.4. The van der Waals surface area contributed by atoms with E-state index in [0.29, 0.717) is 5.25 Å². The van der Waals surface area contributed by atoms with Crippen molar-refractivity contribution in [1.82, 2.24) is 0 Å². The highest BCUT2D eigenvalue weighted by molar-refractivity contribution is 8.08. The molecule has 68 heavy (non-hydrogen) atoms. The fraction of sp³-hybridized carbons (Fsp3) is 0.0303. The molecule has 0 spiro atoms. The predicted molar refractivity (Wildman–Crippen MR) is 297 cm³/mol. The second-order valence-electron chi connectivity index (χ2n) is 18.2. The Hall–Kier alpha value is -7.75. The van der Waals surface area contributed by atoms with Crippen LogP contribution in [0, 0.1) is 0 Å². The average molecular weight is 899 g/mol. The summed E-state index contributed by atoms with van der Waals surface area (Å²) in [5, 5.41) is 16.0. The molecule has 0 amide bonds. The summed E-state index contributed by atoms with van der Waals surface area (Å²) in [6.07, 6.45) is 3.48. The molecule has 0 aliphatic carbocycles. The number of hydrogen-bond donors (Lipinski definition) is 0. The third kappa shape index (κ3) is 6.36. The Kier molecular flexibility index (Phi) is 9.25. The highest BCUT2D eigenvalue weighted by Crippen LogP contribution is 2.51. The zero-order valence-corrected chi connectivity index (χ0v) is 38.8. The van der Waals surface area contributed by atoms with Gasteiger partial charge in [-0.3, -0.25) is 0 Å². The maximum Gasteiger partial charge on any atom is 0.0379 e. The van der Waals surface area contributed by atoms with Crippen LogP contribution in [0.3, 0.4) is 0 Å². The highest BCUT2D eigenvalue weighted by atomic mass is 32.2. The molecular weight excluding hydrogens is 857 g/mol. The van der Waals surface area contributed by atoms with Crippen LogP contribution in [0.1, 0.15) is 22.8 Å². The average Bonchev–Trinajstić information content (AvgIpc) is 4.12. The van der Waals surface area contributed by atoms with Crippen molar-refractivity contribution in [2.75, 3.05) is 0 Å². The molecule has 0 saturated heterocycles. The van der Waals surface area contributed by atoms with Gasteiger partial charge >= 0.3 is 0 Å². The van der Waals surface area contributed by atoms with E-state index >= 15 is 0 Å². The number of thiophene rings is 1. The first-order chi connectivity index (χ1) is 33.7. The molecule has 2 heteroatoms. The van der Waals surface area contributed by atoms with Gasteiger partial charge in [-0.2, -0.15) is 0 Å². The summed E-state index contributed by atoms with van der Waals surface area (Å²) in [5.41, 5.74) is 12.6. The molecule has 0 bridgehead atoms. The van der Waals surface area contributed by atoms with Gasteiger partial charge in [0.05, 0.1) is 0 Å². The Morgan fingerprint density at radius 2 is 0.838 bits per heavy atom. The largest absolute Gasteiger partial charge is 0.135 e. The maximum atomic E-state index is 2.50. The van der Waals surface area contributed by atoms with Gasteiger partial charge < -0.3 is 0 Å². The summed E-state index contributed by atoms with van der Waals surface area (Å²) in [6.45, 7) is 0. The molecule has 0 radical (unpaired) electrons. The quantitative estimate of drug-likeness (QED) is 0.113. The zero-order valence-electron chi connectivity index (χ0n) is 37.1. The Balaban J connectivity index is 0.990. The molecule has 0 fully saturated rings. The van der Waals surface area contributed by atoms with Crippen molar-refractivity contribution < 1.29 is 0 Å². The van der Waals surface area contributed by atoms with Crippen molar-refractivity contribution in [2.45, 2.75) is 11.7 Å². The van der Waals surface area contributed by atoms with Crippen LogP contribution in [-0.4, -0.2) is 0 Å². The van der Waals surface area contributed by atoms with Crippen molar-refractivity contribution in [2.24, 2.45) is 0 Å². The Morgan fingerprint density at radius 1 is 0.324 bits per heavy atom. The molecule has 1 atom stereocenters. The Morgan fingerprint density at radius 3 is 1.59 bits per heavy atom. The minimum atomic E-state index is 0.427.